The van der Waals surface area contributed by atoms with E-state index < -0.39 is 0 Å². The molecule has 1 saturated carbocycles. The van der Waals surface area contributed by atoms with Crippen LogP contribution in [-0.4, -0.2) is 30.0 Å². The average Bonchev–Trinajstić information content (AvgIpc) is 2.69. The van der Waals surface area contributed by atoms with Gasteiger partial charge in [-0.3, -0.25) is 0 Å². The SMILES string of the molecule is CC1(C)CC(OC2CCCC2CN)C(C)(C)O1. The summed E-state index contributed by atoms with van der Waals surface area (Å²) < 4.78 is 12.4. The molecule has 0 aromatic carbocycles. The van der Waals surface area contributed by atoms with Crippen LogP contribution in [0, 0.1) is 5.92 Å². The van der Waals surface area contributed by atoms with Crippen molar-refractivity contribution in [3.63, 3.8) is 0 Å². The first kappa shape index (κ1) is 13.3. The third kappa shape index (κ3) is 2.83. The van der Waals surface area contributed by atoms with Crippen LogP contribution in [0.5, 0.6) is 0 Å². The van der Waals surface area contributed by atoms with Crippen LogP contribution in [0.15, 0.2) is 0 Å². The molecule has 1 saturated heterocycles. The lowest BCUT2D eigenvalue weighted by molar-refractivity contribution is -0.123. The number of rotatable bonds is 3. The lowest BCUT2D eigenvalue weighted by Gasteiger charge is -2.30. The summed E-state index contributed by atoms with van der Waals surface area (Å²) in [7, 11) is 0. The molecule has 0 bridgehead atoms. The zero-order valence-electron chi connectivity index (χ0n) is 11.7. The molecule has 0 aromatic heterocycles. The molecule has 3 heteroatoms. The predicted octanol–water partition coefficient (Wildman–Crippen LogP) is 2.48. The monoisotopic (exact) mass is 241 g/mol. The van der Waals surface area contributed by atoms with E-state index in [1.165, 1.54) is 12.8 Å². The zero-order valence-corrected chi connectivity index (χ0v) is 11.7. The molecule has 1 aliphatic heterocycles. The summed E-state index contributed by atoms with van der Waals surface area (Å²) in [6.07, 6.45) is 5.17. The Kier molecular flexibility index (Phi) is 3.54. The Hall–Kier alpha value is -0.120. The Labute approximate surface area is 105 Å². The second-order valence-corrected chi connectivity index (χ2v) is 6.76. The Morgan fingerprint density at radius 3 is 2.47 bits per heavy atom. The van der Waals surface area contributed by atoms with Crippen molar-refractivity contribution in [2.75, 3.05) is 6.54 Å². The molecule has 2 aliphatic rings. The van der Waals surface area contributed by atoms with Crippen LogP contribution < -0.4 is 5.73 Å². The molecule has 2 rings (SSSR count). The summed E-state index contributed by atoms with van der Waals surface area (Å²) >= 11 is 0. The summed E-state index contributed by atoms with van der Waals surface area (Å²) in [5.74, 6) is 0.550. The minimum absolute atomic E-state index is 0.0645. The van der Waals surface area contributed by atoms with Gasteiger partial charge in [-0.1, -0.05) is 6.42 Å². The van der Waals surface area contributed by atoms with Crippen LogP contribution >= 0.6 is 0 Å². The van der Waals surface area contributed by atoms with Gasteiger partial charge in [0.2, 0.25) is 0 Å². The molecule has 3 atom stereocenters. The first-order valence-corrected chi connectivity index (χ1v) is 6.90. The second-order valence-electron chi connectivity index (χ2n) is 6.76. The standard InChI is InChI=1S/C14H27NO2/c1-13(2)8-12(14(3,4)17-13)16-11-7-5-6-10(11)9-15/h10-12H,5-9,15H2,1-4H3. The molecule has 1 aliphatic carbocycles. The first-order valence-electron chi connectivity index (χ1n) is 6.90. The van der Waals surface area contributed by atoms with E-state index in [1.54, 1.807) is 0 Å². The highest BCUT2D eigenvalue weighted by molar-refractivity contribution is 4.96. The molecule has 2 fully saturated rings. The summed E-state index contributed by atoms with van der Waals surface area (Å²) in [5, 5.41) is 0. The molecular weight excluding hydrogens is 214 g/mol. The maximum atomic E-state index is 6.32. The number of ether oxygens (including phenoxy) is 2. The van der Waals surface area contributed by atoms with Gasteiger partial charge in [-0.2, -0.15) is 0 Å². The highest BCUT2D eigenvalue weighted by Gasteiger charge is 2.48. The van der Waals surface area contributed by atoms with Crippen molar-refractivity contribution in [3.8, 4) is 0 Å². The van der Waals surface area contributed by atoms with Crippen LogP contribution in [0.4, 0.5) is 0 Å². The molecule has 3 nitrogen and oxygen atoms in total. The van der Waals surface area contributed by atoms with Crippen LogP contribution in [0.1, 0.15) is 53.4 Å². The van der Waals surface area contributed by atoms with Gasteiger partial charge in [0.05, 0.1) is 23.4 Å². The third-order valence-corrected chi connectivity index (χ3v) is 4.22. The molecule has 0 spiro atoms. The van der Waals surface area contributed by atoms with Gasteiger partial charge in [-0.05, 0) is 53.0 Å². The summed E-state index contributed by atoms with van der Waals surface area (Å²) in [4.78, 5) is 0. The quantitative estimate of drug-likeness (QED) is 0.825. The fraction of sp³-hybridized carbons (Fsp3) is 1.00. The summed E-state index contributed by atoms with van der Waals surface area (Å²) in [6.45, 7) is 9.32. The third-order valence-electron chi connectivity index (χ3n) is 4.22. The van der Waals surface area contributed by atoms with Gasteiger partial charge < -0.3 is 15.2 Å². The zero-order chi connectivity index (χ0) is 12.7. The molecule has 0 aromatic rings. The van der Waals surface area contributed by atoms with Gasteiger partial charge in [0.1, 0.15) is 0 Å². The van der Waals surface area contributed by atoms with Crippen molar-refractivity contribution in [2.45, 2.75) is 76.8 Å². The second kappa shape index (κ2) is 4.52. The van der Waals surface area contributed by atoms with E-state index in [0.717, 1.165) is 19.4 Å². The molecule has 3 unspecified atom stereocenters. The van der Waals surface area contributed by atoms with E-state index in [-0.39, 0.29) is 17.3 Å². The van der Waals surface area contributed by atoms with Gasteiger partial charge in [0.15, 0.2) is 0 Å². The highest BCUT2D eigenvalue weighted by Crippen LogP contribution is 2.41. The predicted molar refractivity (Wildman–Crippen MR) is 68.9 cm³/mol. The Bertz CT molecular complexity index is 275. The first-order chi connectivity index (χ1) is 7.84. The van der Waals surface area contributed by atoms with E-state index in [0.29, 0.717) is 12.0 Å². The lowest BCUT2D eigenvalue weighted by Crippen LogP contribution is -2.39. The molecule has 0 radical (unpaired) electrons. The normalized spacial score (nSPS) is 39.7. The van der Waals surface area contributed by atoms with Crippen LogP contribution in [0.2, 0.25) is 0 Å². The number of nitrogens with two attached hydrogens (primary N) is 1. The fourth-order valence-electron chi connectivity index (χ4n) is 3.39. The number of hydrogen-bond acceptors (Lipinski definition) is 3. The van der Waals surface area contributed by atoms with Crippen molar-refractivity contribution in [1.29, 1.82) is 0 Å². The average molecular weight is 241 g/mol. The number of hydrogen-bond donors (Lipinski definition) is 1. The largest absolute Gasteiger partial charge is 0.372 e. The molecule has 17 heavy (non-hydrogen) atoms. The van der Waals surface area contributed by atoms with Gasteiger partial charge in [0, 0.05) is 6.42 Å². The van der Waals surface area contributed by atoms with Crippen LogP contribution in [-0.2, 0) is 9.47 Å². The van der Waals surface area contributed by atoms with E-state index in [4.69, 9.17) is 15.2 Å². The maximum Gasteiger partial charge on any atom is 0.0895 e. The van der Waals surface area contributed by atoms with E-state index in [2.05, 4.69) is 27.7 Å². The molecule has 100 valence electrons. The Balaban J connectivity index is 1.99. The van der Waals surface area contributed by atoms with E-state index in [1.807, 2.05) is 0 Å². The van der Waals surface area contributed by atoms with Crippen LogP contribution in [0.3, 0.4) is 0 Å². The van der Waals surface area contributed by atoms with Crippen molar-refractivity contribution < 1.29 is 9.47 Å². The molecular formula is C14H27NO2. The van der Waals surface area contributed by atoms with Gasteiger partial charge in [0.25, 0.3) is 0 Å². The minimum atomic E-state index is -0.175. The maximum absolute atomic E-state index is 6.32. The van der Waals surface area contributed by atoms with E-state index >= 15 is 0 Å². The minimum Gasteiger partial charge on any atom is -0.372 e. The Morgan fingerprint density at radius 2 is 1.94 bits per heavy atom. The lowest BCUT2D eigenvalue weighted by atomic mass is 9.96. The molecule has 0 amide bonds. The van der Waals surface area contributed by atoms with E-state index in [9.17, 15) is 0 Å². The Morgan fingerprint density at radius 1 is 1.24 bits per heavy atom. The van der Waals surface area contributed by atoms with Crippen molar-refractivity contribution in [2.24, 2.45) is 11.7 Å². The summed E-state index contributed by atoms with van der Waals surface area (Å²) in [6, 6.07) is 0. The van der Waals surface area contributed by atoms with Crippen molar-refractivity contribution >= 4 is 0 Å². The molecule has 2 N–H and O–H groups in total. The van der Waals surface area contributed by atoms with Gasteiger partial charge >= 0.3 is 0 Å². The van der Waals surface area contributed by atoms with Crippen molar-refractivity contribution in [3.05, 3.63) is 0 Å². The van der Waals surface area contributed by atoms with Crippen molar-refractivity contribution in [1.82, 2.24) is 0 Å². The van der Waals surface area contributed by atoms with Crippen LogP contribution in [0.25, 0.3) is 0 Å². The smallest absolute Gasteiger partial charge is 0.0895 e. The molecule has 1 heterocycles. The van der Waals surface area contributed by atoms with Gasteiger partial charge in [-0.15, -0.1) is 0 Å². The van der Waals surface area contributed by atoms with Gasteiger partial charge in [-0.25, -0.2) is 0 Å². The fourth-order valence-corrected chi connectivity index (χ4v) is 3.39. The summed E-state index contributed by atoms with van der Waals surface area (Å²) in [5.41, 5.74) is 5.57. The topological polar surface area (TPSA) is 44.5 Å². The highest BCUT2D eigenvalue weighted by atomic mass is 16.6.